The molecular weight excluding hydrogens is 184 g/mol. The van der Waals surface area contributed by atoms with E-state index in [9.17, 15) is 0 Å². The Labute approximate surface area is 92.1 Å². The minimum absolute atomic E-state index is 0.714. The van der Waals surface area contributed by atoms with E-state index in [-0.39, 0.29) is 0 Å². The number of nitrogens with zero attached hydrogens (tertiary/aromatic N) is 1. The standard InChI is InChI=1S/C13H20N2/c1-3-12-5-4-6-15(12)13-8-10(2)7-11(14)9-13/h7-9,12H,3-6,14H2,1-2H3. The second kappa shape index (κ2) is 4.13. The molecule has 0 bridgehead atoms. The highest BCUT2D eigenvalue weighted by Crippen LogP contribution is 2.29. The molecule has 1 aromatic rings. The number of rotatable bonds is 2. The molecule has 15 heavy (non-hydrogen) atoms. The van der Waals surface area contributed by atoms with Crippen molar-refractivity contribution < 1.29 is 0 Å². The van der Waals surface area contributed by atoms with Crippen LogP contribution < -0.4 is 10.6 Å². The van der Waals surface area contributed by atoms with Crippen molar-refractivity contribution >= 4 is 11.4 Å². The van der Waals surface area contributed by atoms with Crippen LogP contribution in [0.4, 0.5) is 11.4 Å². The third-order valence-electron chi connectivity index (χ3n) is 3.26. The largest absolute Gasteiger partial charge is 0.399 e. The van der Waals surface area contributed by atoms with Gasteiger partial charge in [0.15, 0.2) is 0 Å². The maximum Gasteiger partial charge on any atom is 0.0392 e. The summed E-state index contributed by atoms with van der Waals surface area (Å²) in [6, 6.07) is 7.08. The van der Waals surface area contributed by atoms with Gasteiger partial charge in [-0.3, -0.25) is 0 Å². The number of nitrogens with two attached hydrogens (primary N) is 1. The monoisotopic (exact) mass is 204 g/mol. The molecular formula is C13H20N2. The molecule has 0 saturated carbocycles. The summed E-state index contributed by atoms with van der Waals surface area (Å²) < 4.78 is 0. The number of anilines is 2. The van der Waals surface area contributed by atoms with E-state index >= 15 is 0 Å². The predicted molar refractivity (Wildman–Crippen MR) is 66.3 cm³/mol. The topological polar surface area (TPSA) is 29.3 Å². The normalized spacial score (nSPS) is 20.9. The fourth-order valence-electron chi connectivity index (χ4n) is 2.56. The molecule has 1 atom stereocenters. The predicted octanol–water partition coefficient (Wildman–Crippen LogP) is 2.96. The van der Waals surface area contributed by atoms with Crippen molar-refractivity contribution in [2.24, 2.45) is 0 Å². The SMILES string of the molecule is CCC1CCCN1c1cc(C)cc(N)c1. The Bertz CT molecular complexity index is 326. The molecule has 1 aromatic carbocycles. The number of hydrogen-bond acceptors (Lipinski definition) is 2. The van der Waals surface area contributed by atoms with Gasteiger partial charge in [0.05, 0.1) is 0 Å². The third kappa shape index (κ3) is 2.09. The lowest BCUT2D eigenvalue weighted by molar-refractivity contribution is 0.645. The van der Waals surface area contributed by atoms with Crippen molar-refractivity contribution in [1.82, 2.24) is 0 Å². The van der Waals surface area contributed by atoms with Crippen molar-refractivity contribution in [2.75, 3.05) is 17.2 Å². The first kappa shape index (κ1) is 10.3. The van der Waals surface area contributed by atoms with Gasteiger partial charge in [-0.25, -0.2) is 0 Å². The average Bonchev–Trinajstić information content (AvgIpc) is 2.63. The van der Waals surface area contributed by atoms with E-state index < -0.39 is 0 Å². The van der Waals surface area contributed by atoms with Gasteiger partial charge in [-0.1, -0.05) is 6.92 Å². The highest BCUT2D eigenvalue weighted by molar-refractivity contribution is 5.59. The van der Waals surface area contributed by atoms with E-state index in [4.69, 9.17) is 5.73 Å². The van der Waals surface area contributed by atoms with Gasteiger partial charge in [0.25, 0.3) is 0 Å². The molecule has 1 unspecified atom stereocenters. The van der Waals surface area contributed by atoms with Crippen LogP contribution in [-0.2, 0) is 0 Å². The molecule has 2 rings (SSSR count). The second-order valence-corrected chi connectivity index (χ2v) is 4.50. The van der Waals surface area contributed by atoms with Gasteiger partial charge in [-0.05, 0) is 49.9 Å². The summed E-state index contributed by atoms with van der Waals surface area (Å²) in [7, 11) is 0. The highest BCUT2D eigenvalue weighted by Gasteiger charge is 2.23. The summed E-state index contributed by atoms with van der Waals surface area (Å²) in [5.74, 6) is 0. The van der Waals surface area contributed by atoms with Crippen LogP contribution in [0.2, 0.25) is 0 Å². The summed E-state index contributed by atoms with van der Waals surface area (Å²) in [6.45, 7) is 5.56. The first-order valence-corrected chi connectivity index (χ1v) is 5.84. The number of hydrogen-bond donors (Lipinski definition) is 1. The van der Waals surface area contributed by atoms with Crippen LogP contribution in [0, 0.1) is 6.92 Å². The molecule has 1 aliphatic rings. The van der Waals surface area contributed by atoms with Crippen molar-refractivity contribution in [3.63, 3.8) is 0 Å². The van der Waals surface area contributed by atoms with Gasteiger partial charge in [-0.2, -0.15) is 0 Å². The molecule has 1 saturated heterocycles. The third-order valence-corrected chi connectivity index (χ3v) is 3.26. The van der Waals surface area contributed by atoms with E-state index in [0.29, 0.717) is 6.04 Å². The van der Waals surface area contributed by atoms with Crippen LogP contribution in [0.1, 0.15) is 31.7 Å². The summed E-state index contributed by atoms with van der Waals surface area (Å²) in [5, 5.41) is 0. The van der Waals surface area contributed by atoms with Crippen LogP contribution in [0.25, 0.3) is 0 Å². The average molecular weight is 204 g/mol. The van der Waals surface area contributed by atoms with Crippen molar-refractivity contribution in [3.8, 4) is 0 Å². The van der Waals surface area contributed by atoms with Gasteiger partial charge < -0.3 is 10.6 Å². The first-order valence-electron chi connectivity index (χ1n) is 5.84. The highest BCUT2D eigenvalue weighted by atomic mass is 15.2. The van der Waals surface area contributed by atoms with Crippen LogP contribution in [0.5, 0.6) is 0 Å². The van der Waals surface area contributed by atoms with Crippen LogP contribution >= 0.6 is 0 Å². The number of nitrogen functional groups attached to an aromatic ring is 1. The zero-order valence-electron chi connectivity index (χ0n) is 9.66. The number of benzene rings is 1. The first-order chi connectivity index (χ1) is 7.20. The zero-order valence-corrected chi connectivity index (χ0v) is 9.66. The smallest absolute Gasteiger partial charge is 0.0392 e. The molecule has 0 aliphatic carbocycles. The maximum absolute atomic E-state index is 5.89. The Hall–Kier alpha value is -1.18. The summed E-state index contributed by atoms with van der Waals surface area (Å²) in [4.78, 5) is 2.50. The molecule has 0 radical (unpaired) electrons. The van der Waals surface area contributed by atoms with E-state index in [0.717, 1.165) is 5.69 Å². The molecule has 1 heterocycles. The Morgan fingerprint density at radius 1 is 1.40 bits per heavy atom. The van der Waals surface area contributed by atoms with Gasteiger partial charge in [0.1, 0.15) is 0 Å². The molecule has 2 heteroatoms. The molecule has 1 fully saturated rings. The molecule has 2 nitrogen and oxygen atoms in total. The Morgan fingerprint density at radius 2 is 2.20 bits per heavy atom. The van der Waals surface area contributed by atoms with Crippen LogP contribution in [-0.4, -0.2) is 12.6 Å². The molecule has 2 N–H and O–H groups in total. The van der Waals surface area contributed by atoms with E-state index in [1.807, 2.05) is 6.07 Å². The maximum atomic E-state index is 5.89. The lowest BCUT2D eigenvalue weighted by Gasteiger charge is -2.26. The fraction of sp³-hybridized carbons (Fsp3) is 0.538. The Morgan fingerprint density at radius 3 is 2.87 bits per heavy atom. The second-order valence-electron chi connectivity index (χ2n) is 4.50. The molecule has 0 aromatic heterocycles. The van der Waals surface area contributed by atoms with Gasteiger partial charge in [-0.15, -0.1) is 0 Å². The zero-order chi connectivity index (χ0) is 10.8. The minimum atomic E-state index is 0.714. The van der Waals surface area contributed by atoms with E-state index in [2.05, 4.69) is 30.9 Å². The summed E-state index contributed by atoms with van der Waals surface area (Å²) in [5.41, 5.74) is 9.33. The van der Waals surface area contributed by atoms with Crippen LogP contribution in [0.15, 0.2) is 18.2 Å². The molecule has 0 spiro atoms. The van der Waals surface area contributed by atoms with Gasteiger partial charge in [0, 0.05) is 24.0 Å². The lowest BCUT2D eigenvalue weighted by atomic mass is 10.1. The number of aryl methyl sites for hydroxylation is 1. The molecule has 0 amide bonds. The van der Waals surface area contributed by atoms with Crippen molar-refractivity contribution in [2.45, 2.75) is 39.2 Å². The van der Waals surface area contributed by atoms with E-state index in [1.54, 1.807) is 0 Å². The summed E-state index contributed by atoms with van der Waals surface area (Å²) >= 11 is 0. The fourth-order valence-corrected chi connectivity index (χ4v) is 2.56. The lowest BCUT2D eigenvalue weighted by Crippen LogP contribution is -2.28. The Balaban J connectivity index is 2.28. The molecule has 1 aliphatic heterocycles. The van der Waals surface area contributed by atoms with Gasteiger partial charge >= 0.3 is 0 Å². The van der Waals surface area contributed by atoms with Crippen molar-refractivity contribution in [3.05, 3.63) is 23.8 Å². The quantitative estimate of drug-likeness (QED) is 0.750. The minimum Gasteiger partial charge on any atom is -0.399 e. The van der Waals surface area contributed by atoms with Crippen molar-refractivity contribution in [1.29, 1.82) is 0 Å². The molecule has 82 valence electrons. The summed E-state index contributed by atoms with van der Waals surface area (Å²) in [6.07, 6.45) is 3.87. The van der Waals surface area contributed by atoms with Gasteiger partial charge in [0.2, 0.25) is 0 Å². The Kier molecular flexibility index (Phi) is 2.85. The van der Waals surface area contributed by atoms with E-state index in [1.165, 1.54) is 37.1 Å². The van der Waals surface area contributed by atoms with Crippen LogP contribution in [0.3, 0.4) is 0 Å².